The van der Waals surface area contributed by atoms with Gasteiger partial charge in [-0.05, 0) is 119 Å². The normalized spacial score (nSPS) is 26.5. The van der Waals surface area contributed by atoms with Crippen LogP contribution in [-0.4, -0.2) is 42.8 Å². The second-order valence-corrected chi connectivity index (χ2v) is 32.0. The molecule has 0 aliphatic carbocycles. The van der Waals surface area contributed by atoms with Gasteiger partial charge in [-0.15, -0.1) is 0 Å². The average molecular weight is 1020 g/mol. The van der Waals surface area contributed by atoms with Crippen LogP contribution in [0.3, 0.4) is 0 Å². The number of benzene rings is 5. The van der Waals surface area contributed by atoms with Crippen molar-refractivity contribution in [1.82, 2.24) is 0 Å². The summed E-state index contributed by atoms with van der Waals surface area (Å²) in [4.78, 5) is 0. The summed E-state index contributed by atoms with van der Waals surface area (Å²) in [6.45, 7) is 6.68. The van der Waals surface area contributed by atoms with E-state index >= 15 is 0 Å². The Bertz CT molecular complexity index is 2040. The van der Waals surface area contributed by atoms with Gasteiger partial charge in [0.25, 0.3) is 0 Å². The van der Waals surface area contributed by atoms with Crippen LogP contribution in [0, 0.1) is 0 Å². The summed E-state index contributed by atoms with van der Waals surface area (Å²) in [5.74, 6) is 0. The molecular weight excluding hydrogens is 986 g/mol. The molecule has 0 aromatic heterocycles. The fourth-order valence-electron chi connectivity index (χ4n) is 7.36. The molecule has 0 spiro atoms. The smallest absolute Gasteiger partial charge is 0.409 e. The highest BCUT2D eigenvalue weighted by atomic mass is 28.5. The molecule has 5 aromatic carbocycles. The third kappa shape index (κ3) is 10.9. The molecule has 65 heavy (non-hydrogen) atoms. The summed E-state index contributed by atoms with van der Waals surface area (Å²) in [7, 11) is -23.1. The molecule has 0 saturated carbocycles. The van der Waals surface area contributed by atoms with Crippen molar-refractivity contribution in [3.8, 4) is 0 Å². The first-order valence-corrected chi connectivity index (χ1v) is 30.6. The van der Waals surface area contributed by atoms with Gasteiger partial charge in [0.15, 0.2) is 0 Å². The highest BCUT2D eigenvalue weighted by molar-refractivity contribution is 7.05. The van der Waals surface area contributed by atoms with Gasteiger partial charge in [0.05, 0.1) is 27.8 Å². The van der Waals surface area contributed by atoms with Crippen molar-refractivity contribution in [1.29, 1.82) is 0 Å². The van der Waals surface area contributed by atoms with E-state index in [0.717, 1.165) is 60.7 Å². The van der Waals surface area contributed by atoms with Crippen molar-refractivity contribution >= 4 is 68.7 Å². The molecule has 5 aromatic rings. The molecule has 1 aliphatic rings. The molecule has 0 radical (unpaired) electrons. The van der Waals surface area contributed by atoms with Crippen molar-refractivity contribution in [3.05, 3.63) is 149 Å². The van der Waals surface area contributed by atoms with E-state index in [2.05, 4.69) is 0 Å². The van der Waals surface area contributed by atoms with Gasteiger partial charge in [0.1, 0.15) is 0 Å². The zero-order valence-electron chi connectivity index (χ0n) is 34.3. The Hall–Kier alpha value is -4.07. The van der Waals surface area contributed by atoms with Gasteiger partial charge in [-0.2, -0.15) is 65.9 Å². The first kappa shape index (κ1) is 50.3. The predicted octanol–water partition coefficient (Wildman–Crippen LogP) is 10.1. The van der Waals surface area contributed by atoms with E-state index in [-0.39, 0.29) is 25.9 Å². The number of halogens is 15. The second-order valence-electron chi connectivity index (χ2n) is 15.6. The molecule has 6 rings (SSSR count). The fourth-order valence-corrected chi connectivity index (χ4v) is 33.5. The molecular formula is C40H35F15O5Si5. The zero-order chi connectivity index (χ0) is 48.5. The molecule has 0 amide bonds. The van der Waals surface area contributed by atoms with Crippen LogP contribution in [0.5, 0.6) is 0 Å². The SMILES string of the molecule is C[Si]1(c2ccc(C(F)(F)F)cc2)O[Si](C)(c2ccc(C(F)(F)F)cc2)O[Si](C)(c2ccc(C(F)(F)F)cc2)O[Si](C)(c2ccc(C(F)(F)F)cc2)O[Si](C)(c2ccc(C(F)(F)F)cc2)O1. The summed E-state index contributed by atoms with van der Waals surface area (Å²) in [6, 6.07) is 17.1. The molecule has 0 bridgehead atoms. The van der Waals surface area contributed by atoms with Gasteiger partial charge in [-0.1, -0.05) is 60.7 Å². The minimum absolute atomic E-state index is 0.0636. The van der Waals surface area contributed by atoms with Crippen LogP contribution in [0.25, 0.3) is 0 Å². The monoisotopic (exact) mass is 1020 g/mol. The van der Waals surface area contributed by atoms with E-state index in [1.807, 2.05) is 0 Å². The third-order valence-corrected chi connectivity index (χ3v) is 33.1. The zero-order valence-corrected chi connectivity index (χ0v) is 39.3. The minimum Gasteiger partial charge on any atom is -0.409 e. The van der Waals surface area contributed by atoms with Crippen molar-refractivity contribution in [2.24, 2.45) is 0 Å². The quantitative estimate of drug-likeness (QED) is 0.130. The van der Waals surface area contributed by atoms with Crippen LogP contribution < -0.4 is 25.9 Å². The van der Waals surface area contributed by atoms with Crippen LogP contribution in [-0.2, 0) is 51.5 Å². The van der Waals surface area contributed by atoms with Gasteiger partial charge in [0.2, 0.25) is 0 Å². The van der Waals surface area contributed by atoms with E-state index in [0.29, 0.717) is 60.7 Å². The Morgan fingerprint density at radius 1 is 0.231 bits per heavy atom. The first-order valence-electron chi connectivity index (χ1n) is 19.0. The Balaban J connectivity index is 1.71. The molecule has 0 unspecified atom stereocenters. The van der Waals surface area contributed by atoms with Gasteiger partial charge in [-0.3, -0.25) is 0 Å². The predicted molar refractivity (Wildman–Crippen MR) is 219 cm³/mol. The highest BCUT2D eigenvalue weighted by Gasteiger charge is 2.61. The Kier molecular flexibility index (Phi) is 13.1. The summed E-state index contributed by atoms with van der Waals surface area (Å²) in [6.07, 6.45) is -24.2. The van der Waals surface area contributed by atoms with Gasteiger partial charge in [-0.25, -0.2) is 0 Å². The van der Waals surface area contributed by atoms with Crippen LogP contribution in [0.2, 0.25) is 32.7 Å². The molecule has 1 heterocycles. The standard InChI is InChI=1S/C40H35F15O5Si5/c1-61(31-16-6-26(7-17-31)36(41,42)43)56-62(2,32-18-8-27(9-19-32)37(44,45)46)58-64(4,34-22-12-29(13-23-34)39(50,51)52)60-65(5,35-24-14-30(15-25-35)40(53,54)55)59-63(3,57-61)33-20-10-28(11-21-33)38(47,48)49/h6-25H,1-5H3. The molecule has 5 nitrogen and oxygen atoms in total. The summed E-state index contributed by atoms with van der Waals surface area (Å²) in [5, 5.41) is -0.318. The Labute approximate surface area is 366 Å². The fraction of sp³-hybridized carbons (Fsp3) is 0.250. The average Bonchev–Trinajstić information content (AvgIpc) is 3.19. The largest absolute Gasteiger partial charge is 0.416 e. The maximum absolute atomic E-state index is 13.9. The minimum atomic E-state index is -4.85. The Morgan fingerprint density at radius 3 is 0.431 bits per heavy atom. The molecule has 1 saturated heterocycles. The second kappa shape index (κ2) is 16.9. The van der Waals surface area contributed by atoms with E-state index in [1.165, 1.54) is 32.7 Å². The lowest BCUT2D eigenvalue weighted by Gasteiger charge is -2.50. The lowest BCUT2D eigenvalue weighted by Crippen LogP contribution is -2.77. The van der Waals surface area contributed by atoms with Crippen molar-refractivity contribution < 1.29 is 86.4 Å². The van der Waals surface area contributed by atoms with E-state index in [9.17, 15) is 65.9 Å². The molecule has 1 fully saturated rings. The first-order chi connectivity index (χ1) is 29.6. The lowest BCUT2D eigenvalue weighted by atomic mass is 10.2. The van der Waals surface area contributed by atoms with Crippen LogP contribution in [0.1, 0.15) is 27.8 Å². The van der Waals surface area contributed by atoms with Crippen molar-refractivity contribution in [3.63, 3.8) is 0 Å². The summed E-state index contributed by atoms with van der Waals surface area (Å²) < 4.78 is 243. The van der Waals surface area contributed by atoms with Gasteiger partial charge in [0, 0.05) is 0 Å². The molecule has 1 aliphatic heterocycles. The van der Waals surface area contributed by atoms with Crippen LogP contribution in [0.15, 0.2) is 121 Å². The maximum atomic E-state index is 13.9. The molecule has 25 heteroatoms. The number of alkyl halides is 15. The maximum Gasteiger partial charge on any atom is 0.416 e. The van der Waals surface area contributed by atoms with Crippen LogP contribution in [0.4, 0.5) is 65.9 Å². The van der Waals surface area contributed by atoms with Crippen LogP contribution >= 0.6 is 0 Å². The Morgan fingerprint density at radius 2 is 0.338 bits per heavy atom. The molecule has 0 N–H and O–H groups in total. The van der Waals surface area contributed by atoms with E-state index in [1.54, 1.807) is 0 Å². The topological polar surface area (TPSA) is 46.2 Å². The third-order valence-electron chi connectivity index (χ3n) is 10.6. The summed E-state index contributed by atoms with van der Waals surface area (Å²) >= 11 is 0. The van der Waals surface area contributed by atoms with Gasteiger partial charge < -0.3 is 20.6 Å². The summed E-state index contributed by atoms with van der Waals surface area (Å²) in [5.41, 5.74) is -5.58. The number of hydrogen-bond donors (Lipinski definition) is 0. The van der Waals surface area contributed by atoms with Gasteiger partial charge >= 0.3 is 73.7 Å². The van der Waals surface area contributed by atoms with Crippen molar-refractivity contribution in [2.75, 3.05) is 0 Å². The molecule has 0 atom stereocenters. The lowest BCUT2D eigenvalue weighted by molar-refractivity contribution is -0.138. The highest BCUT2D eigenvalue weighted by Crippen LogP contribution is 2.37. The van der Waals surface area contributed by atoms with Crippen molar-refractivity contribution in [2.45, 2.75) is 63.6 Å². The van der Waals surface area contributed by atoms with E-state index in [4.69, 9.17) is 20.6 Å². The van der Waals surface area contributed by atoms with E-state index < -0.39 is 102 Å². The molecule has 350 valence electrons. The number of hydrogen-bond acceptors (Lipinski definition) is 5. The number of rotatable bonds is 5.